The molecule has 0 fully saturated rings. The Morgan fingerprint density at radius 2 is 1.07 bits per heavy atom. The Balaban J connectivity index is 1.22. The second-order valence-corrected chi connectivity index (χ2v) is 11.9. The predicted molar refractivity (Wildman–Crippen MR) is 188 cm³/mol. The highest BCUT2D eigenvalue weighted by molar-refractivity contribution is 6.10. The van der Waals surface area contributed by atoms with Gasteiger partial charge in [-0.05, 0) is 108 Å². The molecule has 216 valence electrons. The Labute approximate surface area is 263 Å². The summed E-state index contributed by atoms with van der Waals surface area (Å²) < 4.78 is 4.64. The third-order valence-electron chi connectivity index (χ3n) is 8.96. The fourth-order valence-corrected chi connectivity index (χ4v) is 6.92. The third-order valence-corrected chi connectivity index (χ3v) is 8.96. The van der Waals surface area contributed by atoms with Crippen LogP contribution in [0.25, 0.3) is 66.8 Å². The summed E-state index contributed by atoms with van der Waals surface area (Å²) in [6.07, 6.45) is 3.98. The van der Waals surface area contributed by atoms with Crippen LogP contribution in [-0.4, -0.2) is 14.1 Å². The third kappa shape index (κ3) is 4.56. The molecule has 3 heteroatoms. The van der Waals surface area contributed by atoms with Gasteiger partial charge in [0.1, 0.15) is 5.82 Å². The Morgan fingerprint density at radius 1 is 0.467 bits per heavy atom. The fourth-order valence-electron chi connectivity index (χ4n) is 6.92. The fraction of sp³-hybridized carbons (Fsp3) is 0.0714. The van der Waals surface area contributed by atoms with E-state index in [1.165, 1.54) is 72.1 Å². The maximum atomic E-state index is 4.85. The molecule has 0 aliphatic rings. The smallest absolute Gasteiger partial charge is 0.144 e. The maximum Gasteiger partial charge on any atom is 0.144 e. The lowest BCUT2D eigenvalue weighted by Crippen LogP contribution is -2.03. The monoisotopic (exact) mass is 579 g/mol. The molecule has 0 saturated heterocycles. The lowest BCUT2D eigenvalue weighted by atomic mass is 9.98. The van der Waals surface area contributed by atoms with Crippen molar-refractivity contribution in [2.75, 3.05) is 0 Å². The second kappa shape index (κ2) is 10.8. The molecule has 0 amide bonds. The molecule has 0 aliphatic heterocycles. The van der Waals surface area contributed by atoms with E-state index in [9.17, 15) is 0 Å². The Bertz CT molecular complexity index is 2320. The molecule has 8 aromatic rings. The minimum atomic E-state index is 0.943. The van der Waals surface area contributed by atoms with Gasteiger partial charge in [-0.2, -0.15) is 0 Å². The first kappa shape index (κ1) is 26.9. The number of hydrogen-bond acceptors (Lipinski definition) is 1. The first-order valence-electron chi connectivity index (χ1n) is 15.5. The van der Waals surface area contributed by atoms with Gasteiger partial charge >= 0.3 is 0 Å². The van der Waals surface area contributed by atoms with Gasteiger partial charge in [0.2, 0.25) is 0 Å². The van der Waals surface area contributed by atoms with Crippen LogP contribution in [0.5, 0.6) is 0 Å². The Hall–Kier alpha value is -5.67. The molecule has 0 bridgehead atoms. The van der Waals surface area contributed by atoms with E-state index >= 15 is 0 Å². The summed E-state index contributed by atoms with van der Waals surface area (Å²) >= 11 is 0. The minimum absolute atomic E-state index is 0.943. The summed E-state index contributed by atoms with van der Waals surface area (Å²) in [5.41, 5.74) is 14.4. The van der Waals surface area contributed by atoms with Crippen molar-refractivity contribution in [1.82, 2.24) is 14.1 Å². The summed E-state index contributed by atoms with van der Waals surface area (Å²) in [7, 11) is 0. The zero-order chi connectivity index (χ0) is 30.5. The van der Waals surface area contributed by atoms with Gasteiger partial charge in [-0.25, -0.2) is 4.98 Å². The molecule has 0 N–H and O–H groups in total. The van der Waals surface area contributed by atoms with Crippen LogP contribution >= 0.6 is 0 Å². The highest BCUT2D eigenvalue weighted by Crippen LogP contribution is 2.37. The van der Waals surface area contributed by atoms with E-state index in [1.54, 1.807) is 0 Å². The maximum absolute atomic E-state index is 4.85. The second-order valence-electron chi connectivity index (χ2n) is 11.9. The van der Waals surface area contributed by atoms with E-state index in [1.807, 2.05) is 6.20 Å². The summed E-state index contributed by atoms with van der Waals surface area (Å²) in [4.78, 5) is 4.85. The van der Waals surface area contributed by atoms with Crippen molar-refractivity contribution >= 4 is 21.8 Å². The van der Waals surface area contributed by atoms with Crippen molar-refractivity contribution in [1.29, 1.82) is 0 Å². The Kier molecular flexibility index (Phi) is 6.46. The van der Waals surface area contributed by atoms with Crippen LogP contribution in [0.15, 0.2) is 146 Å². The number of aryl methyl sites for hydroxylation is 3. The van der Waals surface area contributed by atoms with E-state index in [4.69, 9.17) is 4.98 Å². The van der Waals surface area contributed by atoms with Crippen molar-refractivity contribution in [2.45, 2.75) is 20.8 Å². The molecule has 45 heavy (non-hydrogen) atoms. The van der Waals surface area contributed by atoms with Crippen molar-refractivity contribution in [2.24, 2.45) is 0 Å². The number of benzene rings is 6. The molecule has 0 atom stereocenters. The van der Waals surface area contributed by atoms with Gasteiger partial charge in [0, 0.05) is 34.4 Å². The number of rotatable bonds is 5. The van der Waals surface area contributed by atoms with Crippen molar-refractivity contribution < 1.29 is 0 Å². The average molecular weight is 580 g/mol. The quantitative estimate of drug-likeness (QED) is 0.199. The SMILES string of the molecule is Cc1cc(-c2nccn2-c2c(C)cc(-c3ccccc3)cc2C)ccc1-n1c2ccccc2c2cc(-c3ccccc3)ccc21. The first-order chi connectivity index (χ1) is 22.1. The lowest BCUT2D eigenvalue weighted by Gasteiger charge is -2.17. The van der Waals surface area contributed by atoms with Crippen LogP contribution in [-0.2, 0) is 0 Å². The van der Waals surface area contributed by atoms with Gasteiger partial charge in [-0.1, -0.05) is 84.9 Å². The minimum Gasteiger partial charge on any atom is -0.309 e. The Morgan fingerprint density at radius 3 is 1.78 bits per heavy atom. The molecule has 0 saturated carbocycles. The normalized spacial score (nSPS) is 11.4. The van der Waals surface area contributed by atoms with E-state index in [2.05, 4.69) is 170 Å². The van der Waals surface area contributed by atoms with Crippen LogP contribution in [0.4, 0.5) is 0 Å². The van der Waals surface area contributed by atoms with Gasteiger partial charge in [-0.3, -0.25) is 4.57 Å². The molecular weight excluding hydrogens is 546 g/mol. The number of para-hydroxylation sites is 1. The summed E-state index contributed by atoms with van der Waals surface area (Å²) in [5.74, 6) is 0.943. The van der Waals surface area contributed by atoms with E-state index in [-0.39, 0.29) is 0 Å². The van der Waals surface area contributed by atoms with Crippen LogP contribution in [0.3, 0.4) is 0 Å². The summed E-state index contributed by atoms with van der Waals surface area (Å²) in [6, 6.07) is 48.0. The van der Waals surface area contributed by atoms with E-state index in [0.717, 1.165) is 11.4 Å². The molecule has 0 unspecified atom stereocenters. The molecule has 0 aliphatic carbocycles. The molecule has 0 radical (unpaired) electrons. The molecule has 2 aromatic heterocycles. The van der Waals surface area contributed by atoms with Gasteiger partial charge in [0.25, 0.3) is 0 Å². The lowest BCUT2D eigenvalue weighted by molar-refractivity contribution is 1.03. The molecule has 3 nitrogen and oxygen atoms in total. The predicted octanol–water partition coefficient (Wildman–Crippen LogP) is 10.9. The van der Waals surface area contributed by atoms with E-state index < -0.39 is 0 Å². The van der Waals surface area contributed by atoms with Crippen LogP contribution < -0.4 is 0 Å². The largest absolute Gasteiger partial charge is 0.309 e. The van der Waals surface area contributed by atoms with E-state index in [0.29, 0.717) is 0 Å². The molecular formula is C42H33N3. The van der Waals surface area contributed by atoms with Gasteiger partial charge < -0.3 is 4.57 Å². The number of imidazole rings is 1. The van der Waals surface area contributed by atoms with Crippen molar-refractivity contribution in [3.63, 3.8) is 0 Å². The number of aromatic nitrogens is 3. The summed E-state index contributed by atoms with van der Waals surface area (Å²) in [5, 5.41) is 2.52. The zero-order valence-electron chi connectivity index (χ0n) is 25.7. The first-order valence-corrected chi connectivity index (χ1v) is 15.5. The van der Waals surface area contributed by atoms with Crippen LogP contribution in [0.1, 0.15) is 16.7 Å². The molecule has 2 heterocycles. The molecule has 6 aromatic carbocycles. The van der Waals surface area contributed by atoms with Gasteiger partial charge in [0.15, 0.2) is 0 Å². The topological polar surface area (TPSA) is 22.8 Å². The molecule has 8 rings (SSSR count). The molecule has 0 spiro atoms. The van der Waals surface area contributed by atoms with Crippen molar-refractivity contribution in [3.8, 4) is 45.0 Å². The van der Waals surface area contributed by atoms with Crippen LogP contribution in [0, 0.1) is 20.8 Å². The zero-order valence-corrected chi connectivity index (χ0v) is 25.7. The number of nitrogens with zero attached hydrogens (tertiary/aromatic N) is 3. The van der Waals surface area contributed by atoms with Gasteiger partial charge in [0.05, 0.1) is 16.7 Å². The highest BCUT2D eigenvalue weighted by atomic mass is 15.1. The standard InChI is InChI=1S/C42H33N3/c1-28-24-34(42-43-22-23-44(42)41-29(2)25-35(26-30(41)3)32-14-8-5-9-15-32)19-20-38(28)45-39-17-11-10-16-36(39)37-27-33(18-21-40(37)45)31-12-6-4-7-13-31/h4-27H,1-3H3. The highest BCUT2D eigenvalue weighted by Gasteiger charge is 2.17. The van der Waals surface area contributed by atoms with Crippen LogP contribution in [0.2, 0.25) is 0 Å². The summed E-state index contributed by atoms with van der Waals surface area (Å²) in [6.45, 7) is 6.59. The van der Waals surface area contributed by atoms with Gasteiger partial charge in [-0.15, -0.1) is 0 Å². The number of fused-ring (bicyclic) bond motifs is 3. The average Bonchev–Trinajstić information content (AvgIpc) is 3.68. The van der Waals surface area contributed by atoms with Crippen molar-refractivity contribution in [3.05, 3.63) is 163 Å². The number of hydrogen-bond donors (Lipinski definition) is 0.